The van der Waals surface area contributed by atoms with Gasteiger partial charge >= 0.3 is 0 Å². The summed E-state index contributed by atoms with van der Waals surface area (Å²) >= 11 is 0. The number of nitrogens with one attached hydrogen (secondary N) is 1. The van der Waals surface area contributed by atoms with E-state index in [1.54, 1.807) is 0 Å². The third-order valence-corrected chi connectivity index (χ3v) is 5.05. The molecule has 1 aliphatic carbocycles. The van der Waals surface area contributed by atoms with Crippen LogP contribution in [0.25, 0.3) is 11.0 Å². The first-order valence-corrected chi connectivity index (χ1v) is 7.82. The lowest BCUT2D eigenvalue weighted by molar-refractivity contribution is 0.363. The molecule has 0 spiro atoms. The van der Waals surface area contributed by atoms with E-state index < -0.39 is 0 Å². The Morgan fingerprint density at radius 1 is 1.10 bits per heavy atom. The highest BCUT2D eigenvalue weighted by molar-refractivity contribution is 5.77. The van der Waals surface area contributed by atoms with Crippen LogP contribution in [-0.2, 0) is 5.41 Å². The van der Waals surface area contributed by atoms with Crippen molar-refractivity contribution < 1.29 is 0 Å². The maximum atomic E-state index is 6.16. The van der Waals surface area contributed by atoms with Gasteiger partial charge in [0.25, 0.3) is 0 Å². The first kappa shape index (κ1) is 13.6. The van der Waals surface area contributed by atoms with Crippen molar-refractivity contribution in [1.29, 1.82) is 0 Å². The molecular formula is C17H25N3. The van der Waals surface area contributed by atoms with Crippen molar-refractivity contribution in [1.82, 2.24) is 9.97 Å². The van der Waals surface area contributed by atoms with Gasteiger partial charge in [-0.15, -0.1) is 0 Å². The minimum absolute atomic E-state index is 0.0668. The fraction of sp³-hybridized carbons (Fsp3) is 0.588. The van der Waals surface area contributed by atoms with Gasteiger partial charge in [0, 0.05) is 12.0 Å². The molecule has 0 bridgehead atoms. The maximum Gasteiger partial charge on any atom is 0.114 e. The Morgan fingerprint density at radius 2 is 1.75 bits per heavy atom. The molecule has 0 unspecified atom stereocenters. The standard InChI is InChI=1S/C17H25N3/c1-12-9-14-15(10-13(12)2)20-16(19-14)17(11-18)7-5-3-4-6-8-17/h9-10H,3-8,11,18H2,1-2H3,(H,19,20). The van der Waals surface area contributed by atoms with E-state index in [0.717, 1.165) is 16.9 Å². The van der Waals surface area contributed by atoms with Gasteiger partial charge in [-0.05, 0) is 49.9 Å². The summed E-state index contributed by atoms with van der Waals surface area (Å²) in [5.74, 6) is 1.11. The van der Waals surface area contributed by atoms with Crippen LogP contribution < -0.4 is 5.73 Å². The second kappa shape index (κ2) is 5.21. The van der Waals surface area contributed by atoms with Crippen molar-refractivity contribution in [2.75, 3.05) is 6.54 Å². The highest BCUT2D eigenvalue weighted by Gasteiger charge is 2.34. The molecule has 1 aromatic carbocycles. The van der Waals surface area contributed by atoms with E-state index in [4.69, 9.17) is 10.7 Å². The monoisotopic (exact) mass is 271 g/mol. The summed E-state index contributed by atoms with van der Waals surface area (Å²) in [5, 5.41) is 0. The predicted molar refractivity (Wildman–Crippen MR) is 84.0 cm³/mol. The van der Waals surface area contributed by atoms with Crippen LogP contribution >= 0.6 is 0 Å². The molecule has 20 heavy (non-hydrogen) atoms. The summed E-state index contributed by atoms with van der Waals surface area (Å²) in [6.45, 7) is 5.00. The summed E-state index contributed by atoms with van der Waals surface area (Å²) in [5.41, 5.74) is 11.1. The number of nitrogens with zero attached hydrogens (tertiary/aromatic N) is 1. The van der Waals surface area contributed by atoms with Gasteiger partial charge in [0.05, 0.1) is 11.0 Å². The molecule has 1 aromatic heterocycles. The second-order valence-electron chi connectivity index (χ2n) is 6.44. The van der Waals surface area contributed by atoms with Gasteiger partial charge in [-0.1, -0.05) is 25.7 Å². The number of H-pyrrole nitrogens is 1. The summed E-state index contributed by atoms with van der Waals surface area (Å²) in [6, 6.07) is 4.40. The molecule has 1 aliphatic rings. The van der Waals surface area contributed by atoms with Crippen LogP contribution in [0.1, 0.15) is 55.5 Å². The Morgan fingerprint density at radius 3 is 2.40 bits per heavy atom. The summed E-state index contributed by atoms with van der Waals surface area (Å²) in [6.07, 6.45) is 7.54. The molecule has 108 valence electrons. The number of hydrogen-bond donors (Lipinski definition) is 2. The second-order valence-corrected chi connectivity index (χ2v) is 6.44. The Hall–Kier alpha value is -1.35. The molecule has 1 fully saturated rings. The van der Waals surface area contributed by atoms with Gasteiger partial charge in [-0.3, -0.25) is 0 Å². The zero-order valence-corrected chi connectivity index (χ0v) is 12.6. The third kappa shape index (κ3) is 2.24. The number of benzene rings is 1. The first-order valence-electron chi connectivity index (χ1n) is 7.82. The fourth-order valence-corrected chi connectivity index (χ4v) is 3.46. The van der Waals surface area contributed by atoms with E-state index in [9.17, 15) is 0 Å². The quantitative estimate of drug-likeness (QED) is 0.818. The number of aromatic nitrogens is 2. The molecule has 0 amide bonds. The third-order valence-electron chi connectivity index (χ3n) is 5.05. The zero-order chi connectivity index (χ0) is 14.2. The fourth-order valence-electron chi connectivity index (χ4n) is 3.46. The van der Waals surface area contributed by atoms with E-state index >= 15 is 0 Å². The molecule has 0 atom stereocenters. The average molecular weight is 271 g/mol. The maximum absolute atomic E-state index is 6.16. The number of aryl methyl sites for hydroxylation is 2. The Balaban J connectivity index is 2.07. The lowest BCUT2D eigenvalue weighted by Crippen LogP contribution is -2.35. The highest BCUT2D eigenvalue weighted by Crippen LogP contribution is 2.37. The van der Waals surface area contributed by atoms with Crippen molar-refractivity contribution in [3.8, 4) is 0 Å². The normalized spacial score (nSPS) is 19.1. The average Bonchev–Trinajstić information content (AvgIpc) is 2.71. The van der Waals surface area contributed by atoms with Crippen LogP contribution in [0.5, 0.6) is 0 Å². The van der Waals surface area contributed by atoms with Gasteiger partial charge in [-0.2, -0.15) is 0 Å². The van der Waals surface area contributed by atoms with Crippen LogP contribution in [0.15, 0.2) is 12.1 Å². The number of hydrogen-bond acceptors (Lipinski definition) is 2. The summed E-state index contributed by atoms with van der Waals surface area (Å²) in [4.78, 5) is 8.45. The number of fused-ring (bicyclic) bond motifs is 1. The van der Waals surface area contributed by atoms with E-state index in [2.05, 4.69) is 31.0 Å². The molecule has 3 N–H and O–H groups in total. The van der Waals surface area contributed by atoms with Crippen molar-refractivity contribution in [3.05, 3.63) is 29.1 Å². The van der Waals surface area contributed by atoms with E-state index in [0.29, 0.717) is 6.54 Å². The van der Waals surface area contributed by atoms with Crippen LogP contribution in [-0.4, -0.2) is 16.5 Å². The largest absolute Gasteiger partial charge is 0.341 e. The smallest absolute Gasteiger partial charge is 0.114 e. The molecule has 3 nitrogen and oxygen atoms in total. The molecule has 3 heteroatoms. The van der Waals surface area contributed by atoms with Gasteiger partial charge in [0.2, 0.25) is 0 Å². The van der Waals surface area contributed by atoms with Gasteiger partial charge in [-0.25, -0.2) is 4.98 Å². The summed E-state index contributed by atoms with van der Waals surface area (Å²) < 4.78 is 0. The topological polar surface area (TPSA) is 54.7 Å². The van der Waals surface area contributed by atoms with Crippen LogP contribution in [0, 0.1) is 13.8 Å². The minimum atomic E-state index is 0.0668. The number of aromatic amines is 1. The molecule has 2 aromatic rings. The minimum Gasteiger partial charge on any atom is -0.341 e. The van der Waals surface area contributed by atoms with Crippen LogP contribution in [0.2, 0.25) is 0 Å². The van der Waals surface area contributed by atoms with Gasteiger partial charge in [0.1, 0.15) is 5.82 Å². The molecule has 1 saturated carbocycles. The molecule has 0 aliphatic heterocycles. The number of rotatable bonds is 2. The molecular weight excluding hydrogens is 246 g/mol. The van der Waals surface area contributed by atoms with Crippen LogP contribution in [0.4, 0.5) is 0 Å². The predicted octanol–water partition coefficient (Wildman–Crippen LogP) is 3.73. The number of nitrogens with two attached hydrogens (primary N) is 1. The van der Waals surface area contributed by atoms with Crippen molar-refractivity contribution in [3.63, 3.8) is 0 Å². The van der Waals surface area contributed by atoms with Crippen molar-refractivity contribution in [2.24, 2.45) is 5.73 Å². The Kier molecular flexibility index (Phi) is 3.55. The Labute approximate surface area is 121 Å². The van der Waals surface area contributed by atoms with Gasteiger partial charge in [0.15, 0.2) is 0 Å². The lowest BCUT2D eigenvalue weighted by Gasteiger charge is -2.29. The Bertz CT molecular complexity index is 565. The van der Waals surface area contributed by atoms with Crippen LogP contribution in [0.3, 0.4) is 0 Å². The molecule has 0 saturated heterocycles. The lowest BCUT2D eigenvalue weighted by atomic mass is 9.79. The van der Waals surface area contributed by atoms with Gasteiger partial charge < -0.3 is 10.7 Å². The van der Waals surface area contributed by atoms with Crippen molar-refractivity contribution >= 4 is 11.0 Å². The SMILES string of the molecule is Cc1cc2nc(C3(CN)CCCCCC3)[nH]c2cc1C. The number of imidazole rings is 1. The highest BCUT2D eigenvalue weighted by atomic mass is 15.0. The first-order chi connectivity index (χ1) is 9.64. The zero-order valence-electron chi connectivity index (χ0n) is 12.6. The van der Waals surface area contributed by atoms with E-state index in [1.807, 2.05) is 0 Å². The molecule has 0 radical (unpaired) electrons. The van der Waals surface area contributed by atoms with E-state index in [-0.39, 0.29) is 5.41 Å². The van der Waals surface area contributed by atoms with E-state index in [1.165, 1.54) is 49.7 Å². The molecule has 1 heterocycles. The van der Waals surface area contributed by atoms with Crippen molar-refractivity contribution in [2.45, 2.75) is 57.8 Å². The summed E-state index contributed by atoms with van der Waals surface area (Å²) in [7, 11) is 0. The molecule has 3 rings (SSSR count).